The molecule has 5 rings (SSSR count). The van der Waals surface area contributed by atoms with Crippen LogP contribution in [0, 0.1) is 0 Å². The molecule has 33 heavy (non-hydrogen) atoms. The lowest BCUT2D eigenvalue weighted by molar-refractivity contribution is -0.159. The van der Waals surface area contributed by atoms with E-state index < -0.39 is 0 Å². The number of aliphatic hydroxyl groups excluding tert-OH is 1. The number of hydrogen-bond acceptors (Lipinski definition) is 4. The van der Waals surface area contributed by atoms with E-state index >= 15 is 0 Å². The van der Waals surface area contributed by atoms with Crippen LogP contribution in [0.2, 0.25) is 0 Å². The maximum Gasteiger partial charge on any atom is 0.255 e. The van der Waals surface area contributed by atoms with Gasteiger partial charge < -0.3 is 14.9 Å². The highest BCUT2D eigenvalue weighted by molar-refractivity contribution is 5.97. The van der Waals surface area contributed by atoms with Crippen molar-refractivity contribution in [3.05, 3.63) is 101 Å². The first-order valence-corrected chi connectivity index (χ1v) is 11.1. The third kappa shape index (κ3) is 4.05. The highest BCUT2D eigenvalue weighted by Crippen LogP contribution is 2.43. The number of hydrogen-bond donors (Lipinski definition) is 1. The molecule has 0 bridgehead atoms. The number of carbonyl (C=O) groups is 2. The number of aliphatic hydroxyl groups is 1. The van der Waals surface area contributed by atoms with Crippen molar-refractivity contribution < 1.29 is 14.7 Å². The number of benzene rings is 2. The van der Waals surface area contributed by atoms with Gasteiger partial charge in [0.25, 0.3) is 5.91 Å². The minimum absolute atomic E-state index is 0.0180. The van der Waals surface area contributed by atoms with Gasteiger partial charge in [-0.15, -0.1) is 0 Å². The molecule has 0 spiro atoms. The van der Waals surface area contributed by atoms with Gasteiger partial charge in [0.15, 0.2) is 0 Å². The van der Waals surface area contributed by atoms with E-state index in [4.69, 9.17) is 0 Å². The Labute approximate surface area is 192 Å². The van der Waals surface area contributed by atoms with Gasteiger partial charge in [-0.25, -0.2) is 0 Å². The number of pyridine rings is 1. The second kappa shape index (κ2) is 9.00. The summed E-state index contributed by atoms with van der Waals surface area (Å²) in [6.45, 7) is 0.367. The summed E-state index contributed by atoms with van der Waals surface area (Å²) in [4.78, 5) is 33.1. The first-order valence-electron chi connectivity index (χ1n) is 11.1. The SMILES string of the molecule is O=C(c1cccnc1)N1CC(=O)N2[C@H](CO)[C@H](c3ccc(/C=C/c4ccccc4)cc3)[C@@H]2C1. The molecule has 2 amide bonds. The first kappa shape index (κ1) is 21.1. The van der Waals surface area contributed by atoms with Crippen LogP contribution in [0.1, 0.15) is 33.0 Å². The first-order chi connectivity index (χ1) is 16.2. The Morgan fingerprint density at radius 2 is 1.73 bits per heavy atom. The summed E-state index contributed by atoms with van der Waals surface area (Å²) in [6.07, 6.45) is 7.27. The smallest absolute Gasteiger partial charge is 0.255 e. The van der Waals surface area contributed by atoms with Crippen LogP contribution in [0.15, 0.2) is 79.1 Å². The molecule has 3 atom stereocenters. The molecule has 2 aliphatic heterocycles. The van der Waals surface area contributed by atoms with Gasteiger partial charge in [0.05, 0.1) is 24.3 Å². The molecule has 3 heterocycles. The zero-order chi connectivity index (χ0) is 22.8. The van der Waals surface area contributed by atoms with Gasteiger partial charge in [-0.2, -0.15) is 0 Å². The van der Waals surface area contributed by atoms with Crippen LogP contribution in [0.25, 0.3) is 12.2 Å². The van der Waals surface area contributed by atoms with Crippen LogP contribution in [0.5, 0.6) is 0 Å². The zero-order valence-corrected chi connectivity index (χ0v) is 18.1. The molecule has 166 valence electrons. The van der Waals surface area contributed by atoms with E-state index in [1.807, 2.05) is 18.2 Å². The minimum Gasteiger partial charge on any atom is -0.394 e. The van der Waals surface area contributed by atoms with E-state index in [1.54, 1.807) is 28.1 Å². The number of rotatable bonds is 5. The molecule has 0 aliphatic carbocycles. The van der Waals surface area contributed by atoms with E-state index in [1.165, 1.54) is 6.20 Å². The van der Waals surface area contributed by atoms with Gasteiger partial charge in [-0.05, 0) is 28.8 Å². The molecule has 3 aromatic rings. The van der Waals surface area contributed by atoms with Crippen molar-refractivity contribution in [1.29, 1.82) is 0 Å². The van der Waals surface area contributed by atoms with E-state index in [-0.39, 0.29) is 43.0 Å². The lowest BCUT2D eigenvalue weighted by Crippen LogP contribution is -2.73. The highest BCUT2D eigenvalue weighted by atomic mass is 16.3. The Kier molecular flexibility index (Phi) is 5.75. The maximum absolute atomic E-state index is 12.9. The van der Waals surface area contributed by atoms with Crippen molar-refractivity contribution in [3.8, 4) is 0 Å². The van der Waals surface area contributed by atoms with Gasteiger partial charge in [0, 0.05) is 24.9 Å². The Bertz CT molecular complexity index is 1160. The number of amides is 2. The lowest BCUT2D eigenvalue weighted by Gasteiger charge is -2.58. The Morgan fingerprint density at radius 3 is 2.39 bits per heavy atom. The minimum atomic E-state index is -0.260. The number of nitrogens with zero attached hydrogens (tertiary/aromatic N) is 3. The van der Waals surface area contributed by atoms with Gasteiger partial charge in [-0.3, -0.25) is 14.6 Å². The third-order valence-electron chi connectivity index (χ3n) is 6.54. The molecule has 2 saturated heterocycles. The van der Waals surface area contributed by atoms with Crippen molar-refractivity contribution in [3.63, 3.8) is 0 Å². The van der Waals surface area contributed by atoms with Crippen molar-refractivity contribution in [2.75, 3.05) is 19.7 Å². The zero-order valence-electron chi connectivity index (χ0n) is 18.1. The van der Waals surface area contributed by atoms with Crippen LogP contribution in [0.3, 0.4) is 0 Å². The molecule has 0 radical (unpaired) electrons. The molecule has 1 N–H and O–H groups in total. The van der Waals surface area contributed by atoms with Crippen LogP contribution >= 0.6 is 0 Å². The second-order valence-corrected chi connectivity index (χ2v) is 8.48. The van der Waals surface area contributed by atoms with Crippen molar-refractivity contribution in [2.24, 2.45) is 0 Å². The highest BCUT2D eigenvalue weighted by Gasteiger charge is 2.54. The fourth-order valence-electron chi connectivity index (χ4n) is 4.91. The third-order valence-corrected chi connectivity index (χ3v) is 6.54. The summed E-state index contributed by atoms with van der Waals surface area (Å²) < 4.78 is 0. The molecule has 6 nitrogen and oxygen atoms in total. The molecule has 2 aliphatic rings. The maximum atomic E-state index is 12.9. The van der Waals surface area contributed by atoms with Crippen LogP contribution in [0.4, 0.5) is 0 Å². The second-order valence-electron chi connectivity index (χ2n) is 8.48. The van der Waals surface area contributed by atoms with Gasteiger partial charge >= 0.3 is 0 Å². The Balaban J connectivity index is 1.34. The van der Waals surface area contributed by atoms with E-state index in [9.17, 15) is 14.7 Å². The van der Waals surface area contributed by atoms with Gasteiger partial charge in [0.1, 0.15) is 6.54 Å². The largest absolute Gasteiger partial charge is 0.394 e. The molecule has 0 unspecified atom stereocenters. The van der Waals surface area contributed by atoms with Gasteiger partial charge in [-0.1, -0.05) is 66.7 Å². The van der Waals surface area contributed by atoms with Crippen molar-refractivity contribution >= 4 is 24.0 Å². The van der Waals surface area contributed by atoms with E-state index in [0.717, 1.165) is 16.7 Å². The quantitative estimate of drug-likeness (QED) is 0.620. The number of carbonyl (C=O) groups excluding carboxylic acids is 2. The fraction of sp³-hybridized carbons (Fsp3) is 0.222. The molecular formula is C27H25N3O3. The molecular weight excluding hydrogens is 414 g/mol. The molecule has 2 aromatic carbocycles. The Hall–Kier alpha value is -3.77. The van der Waals surface area contributed by atoms with E-state index in [0.29, 0.717) is 12.1 Å². The average molecular weight is 440 g/mol. The summed E-state index contributed by atoms with van der Waals surface area (Å²) >= 11 is 0. The summed E-state index contributed by atoms with van der Waals surface area (Å²) in [5, 5.41) is 10.00. The molecule has 1 aromatic heterocycles. The van der Waals surface area contributed by atoms with Crippen LogP contribution in [-0.4, -0.2) is 63.5 Å². The summed E-state index contributed by atoms with van der Waals surface area (Å²) in [7, 11) is 0. The fourth-order valence-corrected chi connectivity index (χ4v) is 4.91. The summed E-state index contributed by atoms with van der Waals surface area (Å²) in [5.74, 6) is -0.333. The standard InChI is InChI=1S/C27H25N3O3/c31-18-24-26(21-12-10-20(11-13-21)9-8-19-5-2-1-3-6-19)23-16-29(17-25(32)30(23)24)27(33)22-7-4-14-28-15-22/h1-15,23-24,26,31H,16-18H2/b9-8+/t23-,24+,26+/m0/s1. The lowest BCUT2D eigenvalue weighted by atomic mass is 9.73. The van der Waals surface area contributed by atoms with Gasteiger partial charge in [0.2, 0.25) is 5.91 Å². The predicted molar refractivity (Wildman–Crippen MR) is 126 cm³/mol. The molecule has 0 saturated carbocycles. The van der Waals surface area contributed by atoms with Crippen LogP contribution < -0.4 is 0 Å². The Morgan fingerprint density at radius 1 is 1.00 bits per heavy atom. The summed E-state index contributed by atoms with van der Waals surface area (Å²) in [5.41, 5.74) is 3.75. The average Bonchev–Trinajstić information content (AvgIpc) is 2.85. The van der Waals surface area contributed by atoms with Crippen molar-refractivity contribution in [2.45, 2.75) is 18.0 Å². The van der Waals surface area contributed by atoms with E-state index in [2.05, 4.69) is 53.5 Å². The predicted octanol–water partition coefficient (Wildman–Crippen LogP) is 3.06. The topological polar surface area (TPSA) is 73.7 Å². The number of aromatic nitrogens is 1. The number of piperazine rings is 1. The number of fused-ring (bicyclic) bond motifs is 1. The monoisotopic (exact) mass is 439 g/mol. The molecule has 6 heteroatoms. The normalized spacial score (nSPS) is 22.2. The van der Waals surface area contributed by atoms with Crippen molar-refractivity contribution in [1.82, 2.24) is 14.8 Å². The molecule has 2 fully saturated rings. The summed E-state index contributed by atoms with van der Waals surface area (Å²) in [6, 6.07) is 21.4. The van der Waals surface area contributed by atoms with Crippen LogP contribution in [-0.2, 0) is 4.79 Å².